The zero-order valence-electron chi connectivity index (χ0n) is 13.7. The van der Waals surface area contributed by atoms with E-state index in [1.807, 2.05) is 0 Å². The van der Waals surface area contributed by atoms with Crippen LogP contribution in [0.2, 0.25) is 0 Å². The van der Waals surface area contributed by atoms with Gasteiger partial charge in [-0.15, -0.1) is 12.4 Å². The maximum absolute atomic E-state index is 11.7. The lowest BCUT2D eigenvalue weighted by Gasteiger charge is -2.34. The highest BCUT2D eigenvalue weighted by Crippen LogP contribution is 2.13. The first-order chi connectivity index (χ1) is 10.6. The fraction of sp³-hybridized carbons (Fsp3) is 0.800. The molecule has 2 aliphatic heterocycles. The standard InChI is InChI=1S/C15H25N3O4.ClH/c1-2-22-15(21)17-11-9-16(10-12-17)7-4-8-18-13(19)5-3-6-14(18)20;/h2-12H2,1H3;1H. The van der Waals surface area contributed by atoms with Crippen LogP contribution in [0, 0.1) is 0 Å². The molecular formula is C15H26ClN3O4. The fourth-order valence-electron chi connectivity index (χ4n) is 2.87. The average Bonchev–Trinajstić information content (AvgIpc) is 2.51. The van der Waals surface area contributed by atoms with Crippen molar-refractivity contribution in [1.29, 1.82) is 0 Å². The molecule has 0 saturated carbocycles. The molecule has 0 aliphatic carbocycles. The predicted octanol–water partition coefficient (Wildman–Crippen LogP) is 1.11. The van der Waals surface area contributed by atoms with Crippen molar-refractivity contribution in [3.63, 3.8) is 0 Å². The Balaban J connectivity index is 0.00000264. The van der Waals surface area contributed by atoms with Crippen molar-refractivity contribution < 1.29 is 19.1 Å². The first-order valence-electron chi connectivity index (χ1n) is 8.09. The van der Waals surface area contributed by atoms with Crippen molar-refractivity contribution in [1.82, 2.24) is 14.7 Å². The largest absolute Gasteiger partial charge is 0.450 e. The molecule has 0 unspecified atom stereocenters. The van der Waals surface area contributed by atoms with E-state index in [1.54, 1.807) is 11.8 Å². The molecule has 0 spiro atoms. The second kappa shape index (κ2) is 9.72. The lowest BCUT2D eigenvalue weighted by atomic mass is 10.1. The Kier molecular flexibility index (Phi) is 8.33. The maximum atomic E-state index is 11.7. The van der Waals surface area contributed by atoms with Crippen molar-refractivity contribution in [2.45, 2.75) is 32.6 Å². The van der Waals surface area contributed by atoms with Gasteiger partial charge in [0, 0.05) is 45.6 Å². The molecule has 2 saturated heterocycles. The van der Waals surface area contributed by atoms with Crippen LogP contribution in [-0.2, 0) is 14.3 Å². The minimum absolute atomic E-state index is 0. The molecule has 7 nitrogen and oxygen atoms in total. The van der Waals surface area contributed by atoms with E-state index in [0.29, 0.717) is 45.5 Å². The molecular weight excluding hydrogens is 322 g/mol. The number of hydrogen-bond acceptors (Lipinski definition) is 5. The molecule has 0 bridgehead atoms. The quantitative estimate of drug-likeness (QED) is 0.697. The van der Waals surface area contributed by atoms with Crippen LogP contribution in [0.25, 0.3) is 0 Å². The smallest absolute Gasteiger partial charge is 0.409 e. The van der Waals surface area contributed by atoms with E-state index in [0.717, 1.165) is 26.1 Å². The second-order valence-electron chi connectivity index (χ2n) is 5.67. The van der Waals surface area contributed by atoms with Crippen LogP contribution < -0.4 is 0 Å². The molecule has 0 aromatic heterocycles. The van der Waals surface area contributed by atoms with Crippen LogP contribution in [0.4, 0.5) is 4.79 Å². The van der Waals surface area contributed by atoms with E-state index in [9.17, 15) is 14.4 Å². The number of ether oxygens (including phenoxy) is 1. The number of rotatable bonds is 5. The van der Waals surface area contributed by atoms with E-state index < -0.39 is 0 Å². The number of hydrogen-bond donors (Lipinski definition) is 0. The summed E-state index contributed by atoms with van der Waals surface area (Å²) >= 11 is 0. The zero-order valence-corrected chi connectivity index (χ0v) is 14.5. The van der Waals surface area contributed by atoms with Gasteiger partial charge in [-0.2, -0.15) is 0 Å². The monoisotopic (exact) mass is 347 g/mol. The molecule has 0 radical (unpaired) electrons. The number of nitrogens with zero attached hydrogens (tertiary/aromatic N) is 3. The van der Waals surface area contributed by atoms with Gasteiger partial charge in [-0.25, -0.2) is 4.79 Å². The summed E-state index contributed by atoms with van der Waals surface area (Å²) in [7, 11) is 0. The highest BCUT2D eigenvalue weighted by atomic mass is 35.5. The van der Waals surface area contributed by atoms with E-state index >= 15 is 0 Å². The summed E-state index contributed by atoms with van der Waals surface area (Å²) in [6.07, 6.45) is 2.21. The maximum Gasteiger partial charge on any atom is 0.409 e. The topological polar surface area (TPSA) is 70.2 Å². The van der Waals surface area contributed by atoms with Crippen LogP contribution in [0.3, 0.4) is 0 Å². The van der Waals surface area contributed by atoms with Crippen LogP contribution in [0.1, 0.15) is 32.6 Å². The molecule has 0 N–H and O–H groups in total. The third-order valence-electron chi connectivity index (χ3n) is 4.14. The zero-order chi connectivity index (χ0) is 15.9. The summed E-state index contributed by atoms with van der Waals surface area (Å²) in [5.74, 6) is -0.0771. The van der Waals surface area contributed by atoms with Crippen molar-refractivity contribution in [3.05, 3.63) is 0 Å². The number of piperidine rings is 1. The van der Waals surface area contributed by atoms with Crippen LogP contribution in [0.15, 0.2) is 0 Å². The average molecular weight is 348 g/mol. The summed E-state index contributed by atoms with van der Waals surface area (Å²) in [6, 6.07) is 0. The highest BCUT2D eigenvalue weighted by Gasteiger charge is 2.26. The molecule has 2 fully saturated rings. The molecule has 0 aromatic carbocycles. The number of halogens is 1. The number of carbonyl (C=O) groups is 3. The predicted molar refractivity (Wildman–Crippen MR) is 87.5 cm³/mol. The number of likely N-dealkylation sites (tertiary alicyclic amines) is 1. The summed E-state index contributed by atoms with van der Waals surface area (Å²) in [5.41, 5.74) is 0. The van der Waals surface area contributed by atoms with E-state index in [2.05, 4.69) is 4.90 Å². The third kappa shape index (κ3) is 5.66. The van der Waals surface area contributed by atoms with Gasteiger partial charge in [0.15, 0.2) is 0 Å². The van der Waals surface area contributed by atoms with Crippen LogP contribution >= 0.6 is 12.4 Å². The molecule has 23 heavy (non-hydrogen) atoms. The Morgan fingerprint density at radius 3 is 2.22 bits per heavy atom. The van der Waals surface area contributed by atoms with Gasteiger partial charge < -0.3 is 9.64 Å². The first kappa shape index (κ1) is 19.7. The van der Waals surface area contributed by atoms with Gasteiger partial charge in [-0.3, -0.25) is 19.4 Å². The van der Waals surface area contributed by atoms with Gasteiger partial charge in [-0.05, 0) is 26.3 Å². The van der Waals surface area contributed by atoms with E-state index in [-0.39, 0.29) is 30.3 Å². The molecule has 2 rings (SSSR count). The van der Waals surface area contributed by atoms with Gasteiger partial charge in [0.1, 0.15) is 0 Å². The molecule has 8 heteroatoms. The molecule has 2 aliphatic rings. The van der Waals surface area contributed by atoms with E-state index in [4.69, 9.17) is 4.74 Å². The lowest BCUT2D eigenvalue weighted by Crippen LogP contribution is -2.49. The van der Waals surface area contributed by atoms with Crippen molar-refractivity contribution in [2.75, 3.05) is 45.9 Å². The SMILES string of the molecule is CCOC(=O)N1CCN(CCCN2C(=O)CCCC2=O)CC1.Cl. The Bertz CT molecular complexity index is 409. The lowest BCUT2D eigenvalue weighted by molar-refractivity contribution is -0.148. The molecule has 2 heterocycles. The molecule has 0 atom stereocenters. The van der Waals surface area contributed by atoms with E-state index in [1.165, 1.54) is 4.90 Å². The number of imide groups is 1. The normalized spacial score (nSPS) is 19.5. The van der Waals surface area contributed by atoms with Crippen molar-refractivity contribution in [2.24, 2.45) is 0 Å². The molecule has 3 amide bonds. The number of amides is 3. The van der Waals surface area contributed by atoms with Crippen LogP contribution in [-0.4, -0.2) is 78.5 Å². The summed E-state index contributed by atoms with van der Waals surface area (Å²) < 4.78 is 4.99. The van der Waals surface area contributed by atoms with Gasteiger partial charge in [0.05, 0.1) is 6.61 Å². The summed E-state index contributed by atoms with van der Waals surface area (Å²) in [5, 5.41) is 0. The van der Waals surface area contributed by atoms with Gasteiger partial charge in [0.25, 0.3) is 0 Å². The Morgan fingerprint density at radius 2 is 1.65 bits per heavy atom. The van der Waals surface area contributed by atoms with Crippen LogP contribution in [0.5, 0.6) is 0 Å². The van der Waals surface area contributed by atoms with Gasteiger partial charge in [0.2, 0.25) is 11.8 Å². The minimum Gasteiger partial charge on any atom is -0.450 e. The van der Waals surface area contributed by atoms with Gasteiger partial charge >= 0.3 is 6.09 Å². The number of carbonyl (C=O) groups excluding carboxylic acids is 3. The minimum atomic E-state index is -0.244. The highest BCUT2D eigenvalue weighted by molar-refractivity contribution is 5.97. The summed E-state index contributed by atoms with van der Waals surface area (Å²) in [4.78, 5) is 40.4. The Morgan fingerprint density at radius 1 is 1.04 bits per heavy atom. The first-order valence-corrected chi connectivity index (χ1v) is 8.09. The number of piperazine rings is 1. The Hall–Kier alpha value is -1.34. The van der Waals surface area contributed by atoms with Crippen molar-refractivity contribution in [3.8, 4) is 0 Å². The van der Waals surface area contributed by atoms with Gasteiger partial charge in [-0.1, -0.05) is 0 Å². The molecule has 132 valence electrons. The Labute approximate surface area is 143 Å². The second-order valence-corrected chi connectivity index (χ2v) is 5.67. The fourth-order valence-corrected chi connectivity index (χ4v) is 2.87. The third-order valence-corrected chi connectivity index (χ3v) is 4.14. The van der Waals surface area contributed by atoms with Crippen molar-refractivity contribution >= 4 is 30.3 Å². The summed E-state index contributed by atoms with van der Waals surface area (Å²) in [6.45, 7) is 6.50. The molecule has 0 aromatic rings.